The van der Waals surface area contributed by atoms with E-state index in [1.165, 1.54) is 0 Å². The first-order chi connectivity index (χ1) is 6.23. The predicted octanol–water partition coefficient (Wildman–Crippen LogP) is 1.07. The monoisotopic (exact) mass is 197 g/mol. The number of hydrogen-bond donors (Lipinski definition) is 1. The first-order valence-corrected chi connectivity index (χ1v) is 4.56. The molecule has 5 nitrogen and oxygen atoms in total. The van der Waals surface area contributed by atoms with Crippen LogP contribution in [0, 0.1) is 4.91 Å². The number of nitrogens with two attached hydrogens (primary N) is 1. The SMILES string of the molecule is C/C(=N\N)C1=NC(C)(C)[N+](=O)C1(C)C. The van der Waals surface area contributed by atoms with Gasteiger partial charge in [0, 0.05) is 37.4 Å². The van der Waals surface area contributed by atoms with Crippen LogP contribution < -0.4 is 5.84 Å². The Morgan fingerprint density at radius 2 is 1.93 bits per heavy atom. The Balaban J connectivity index is 3.27. The van der Waals surface area contributed by atoms with Crippen molar-refractivity contribution >= 4 is 11.4 Å². The average molecular weight is 197 g/mol. The Bertz CT molecular complexity index is 339. The highest BCUT2D eigenvalue weighted by Crippen LogP contribution is 2.30. The largest absolute Gasteiger partial charge is 0.323 e. The highest BCUT2D eigenvalue weighted by atomic mass is 16.3. The second kappa shape index (κ2) is 2.87. The van der Waals surface area contributed by atoms with Gasteiger partial charge in [0.2, 0.25) is 0 Å². The Morgan fingerprint density at radius 3 is 2.21 bits per heavy atom. The first-order valence-electron chi connectivity index (χ1n) is 4.56. The highest BCUT2D eigenvalue weighted by Gasteiger charge is 2.57. The fraction of sp³-hybridized carbons (Fsp3) is 0.778. The quantitative estimate of drug-likeness (QED) is 0.295. The Kier molecular flexibility index (Phi) is 2.21. The number of nitroso groups, excluding NO2 is 1. The van der Waals surface area contributed by atoms with Crippen LogP contribution in [0.5, 0.6) is 0 Å². The summed E-state index contributed by atoms with van der Waals surface area (Å²) in [6.07, 6.45) is 0. The van der Waals surface area contributed by atoms with Crippen molar-refractivity contribution in [1.82, 2.24) is 0 Å². The Morgan fingerprint density at radius 1 is 1.43 bits per heavy atom. The first kappa shape index (κ1) is 10.8. The molecule has 0 aromatic rings. The van der Waals surface area contributed by atoms with Crippen LogP contribution in [0.1, 0.15) is 34.6 Å². The van der Waals surface area contributed by atoms with E-state index >= 15 is 0 Å². The molecule has 2 N–H and O–H groups in total. The zero-order chi connectivity index (χ0) is 11.1. The van der Waals surface area contributed by atoms with Crippen molar-refractivity contribution in [3.8, 4) is 0 Å². The van der Waals surface area contributed by atoms with E-state index in [1.807, 2.05) is 13.8 Å². The van der Waals surface area contributed by atoms with Crippen molar-refractivity contribution in [2.45, 2.75) is 45.8 Å². The molecule has 0 fully saturated rings. The minimum absolute atomic E-state index is 0.612. The summed E-state index contributed by atoms with van der Waals surface area (Å²) in [5, 5.41) is 3.59. The van der Waals surface area contributed by atoms with Crippen molar-refractivity contribution in [3.05, 3.63) is 4.91 Å². The van der Waals surface area contributed by atoms with E-state index in [4.69, 9.17) is 5.84 Å². The van der Waals surface area contributed by atoms with Gasteiger partial charge in [-0.3, -0.25) is 0 Å². The van der Waals surface area contributed by atoms with Gasteiger partial charge in [0.05, 0.1) is 5.71 Å². The van der Waals surface area contributed by atoms with Gasteiger partial charge in [0.25, 0.3) is 11.2 Å². The molecule has 0 radical (unpaired) electrons. The van der Waals surface area contributed by atoms with Crippen LogP contribution in [0.3, 0.4) is 0 Å². The van der Waals surface area contributed by atoms with E-state index in [-0.39, 0.29) is 0 Å². The van der Waals surface area contributed by atoms with Crippen LogP contribution in [0.4, 0.5) is 0 Å². The number of hydrazone groups is 1. The minimum atomic E-state index is -0.731. The zero-order valence-electron chi connectivity index (χ0n) is 9.33. The molecule has 5 heteroatoms. The van der Waals surface area contributed by atoms with Gasteiger partial charge in [-0.25, -0.2) is 4.99 Å². The van der Waals surface area contributed by atoms with E-state index in [0.29, 0.717) is 11.4 Å². The summed E-state index contributed by atoms with van der Waals surface area (Å²) in [6.45, 7) is 8.96. The lowest BCUT2D eigenvalue weighted by molar-refractivity contribution is -0.653. The number of hydrogen-bond acceptors (Lipinski definition) is 4. The van der Waals surface area contributed by atoms with Gasteiger partial charge in [0.15, 0.2) is 0 Å². The van der Waals surface area contributed by atoms with E-state index in [2.05, 4.69) is 10.1 Å². The third-order valence-corrected chi connectivity index (χ3v) is 2.51. The fourth-order valence-electron chi connectivity index (χ4n) is 1.82. The summed E-state index contributed by atoms with van der Waals surface area (Å²) in [4.78, 5) is 16.2. The normalized spacial score (nSPS) is 25.1. The van der Waals surface area contributed by atoms with Crippen molar-refractivity contribution in [3.63, 3.8) is 0 Å². The standard InChI is InChI=1S/C9H17N4O/c1-6(12-10)7-8(2,3)13(14)9(4,5)11-7/h10H2,1-5H3/q+1/b12-6+. The smallest absolute Gasteiger partial charge is 0.298 e. The second-order valence-corrected chi connectivity index (χ2v) is 4.52. The van der Waals surface area contributed by atoms with Gasteiger partial charge in [-0.15, -0.1) is 0 Å². The molecule has 0 aromatic heterocycles. The maximum atomic E-state index is 11.9. The molecule has 0 bridgehead atoms. The lowest BCUT2D eigenvalue weighted by Crippen LogP contribution is -2.45. The van der Waals surface area contributed by atoms with Crippen LogP contribution in [0.2, 0.25) is 0 Å². The van der Waals surface area contributed by atoms with E-state index in [0.717, 1.165) is 4.76 Å². The van der Waals surface area contributed by atoms with Crippen molar-refractivity contribution in [1.29, 1.82) is 0 Å². The van der Waals surface area contributed by atoms with E-state index in [1.54, 1.807) is 20.8 Å². The molecule has 0 atom stereocenters. The topological polar surface area (TPSA) is 70.8 Å². The van der Waals surface area contributed by atoms with Crippen LogP contribution in [0.25, 0.3) is 0 Å². The minimum Gasteiger partial charge on any atom is -0.323 e. The molecule has 0 aliphatic carbocycles. The lowest BCUT2D eigenvalue weighted by Gasteiger charge is -2.13. The van der Waals surface area contributed by atoms with Crippen LogP contribution in [0.15, 0.2) is 10.1 Å². The average Bonchev–Trinajstić information content (AvgIpc) is 2.25. The molecule has 0 spiro atoms. The van der Waals surface area contributed by atoms with Crippen molar-refractivity contribution in [2.24, 2.45) is 15.9 Å². The predicted molar refractivity (Wildman–Crippen MR) is 56.5 cm³/mol. The summed E-state index contributed by atoms with van der Waals surface area (Å²) in [5.74, 6) is 5.19. The number of aliphatic imine (C=N–C) groups is 1. The molecule has 0 aromatic carbocycles. The summed E-state index contributed by atoms with van der Waals surface area (Å²) in [6, 6.07) is 0. The summed E-state index contributed by atoms with van der Waals surface area (Å²) >= 11 is 0. The van der Waals surface area contributed by atoms with Gasteiger partial charge in [-0.1, -0.05) is 0 Å². The molecule has 1 heterocycles. The molecule has 1 aliphatic rings. The third kappa shape index (κ3) is 1.32. The van der Waals surface area contributed by atoms with Crippen LogP contribution >= 0.6 is 0 Å². The molecule has 1 rings (SSSR count). The molecule has 0 unspecified atom stereocenters. The number of nitrogens with zero attached hydrogens (tertiary/aromatic N) is 3. The summed E-state index contributed by atoms with van der Waals surface area (Å²) < 4.78 is 0.976. The van der Waals surface area contributed by atoms with E-state index in [9.17, 15) is 4.91 Å². The van der Waals surface area contributed by atoms with Gasteiger partial charge in [0.1, 0.15) is 5.71 Å². The summed E-state index contributed by atoms with van der Waals surface area (Å²) in [7, 11) is 0. The van der Waals surface area contributed by atoms with Gasteiger partial charge < -0.3 is 5.84 Å². The highest BCUT2D eigenvalue weighted by molar-refractivity contribution is 6.44. The molecule has 0 saturated carbocycles. The Labute approximate surface area is 83.7 Å². The molecular weight excluding hydrogens is 180 g/mol. The molecule has 78 valence electrons. The van der Waals surface area contributed by atoms with Crippen molar-refractivity contribution < 1.29 is 4.76 Å². The van der Waals surface area contributed by atoms with Crippen LogP contribution in [-0.2, 0) is 0 Å². The lowest BCUT2D eigenvalue weighted by atomic mass is 9.96. The van der Waals surface area contributed by atoms with Gasteiger partial charge in [-0.05, 0) is 6.92 Å². The van der Waals surface area contributed by atoms with Crippen LogP contribution in [-0.4, -0.2) is 27.4 Å². The Hall–Kier alpha value is -1.26. The zero-order valence-corrected chi connectivity index (χ0v) is 9.33. The van der Waals surface area contributed by atoms with Gasteiger partial charge in [-0.2, -0.15) is 5.10 Å². The molecule has 1 aliphatic heterocycles. The molecule has 14 heavy (non-hydrogen) atoms. The molecule has 0 amide bonds. The maximum Gasteiger partial charge on any atom is 0.298 e. The third-order valence-electron chi connectivity index (χ3n) is 2.51. The molecule has 0 saturated heterocycles. The summed E-state index contributed by atoms with van der Waals surface area (Å²) in [5.41, 5.74) is -0.109. The fourth-order valence-corrected chi connectivity index (χ4v) is 1.82. The van der Waals surface area contributed by atoms with Gasteiger partial charge >= 0.3 is 0 Å². The second-order valence-electron chi connectivity index (χ2n) is 4.52. The van der Waals surface area contributed by atoms with Crippen molar-refractivity contribution in [2.75, 3.05) is 0 Å². The maximum absolute atomic E-state index is 11.9. The number of rotatable bonds is 1. The van der Waals surface area contributed by atoms with E-state index < -0.39 is 11.2 Å². The molecular formula is C9H17N4O+.